The number of hydrogen-bond acceptors (Lipinski definition) is 4. The molecule has 0 N–H and O–H groups in total. The third kappa shape index (κ3) is 4.60. The van der Waals surface area contributed by atoms with Gasteiger partial charge in [0.25, 0.3) is 0 Å². The molecule has 0 radical (unpaired) electrons. The van der Waals surface area contributed by atoms with Gasteiger partial charge in [-0.2, -0.15) is 0 Å². The lowest BCUT2D eigenvalue weighted by atomic mass is 9.96. The fourth-order valence-electron chi connectivity index (χ4n) is 7.14. The van der Waals surface area contributed by atoms with Gasteiger partial charge in [0.2, 0.25) is 0 Å². The van der Waals surface area contributed by atoms with Crippen molar-refractivity contribution in [2.75, 3.05) is 0 Å². The summed E-state index contributed by atoms with van der Waals surface area (Å²) in [6, 6.07) is 58.6. The Kier molecular flexibility index (Phi) is 6.42. The van der Waals surface area contributed by atoms with Crippen molar-refractivity contribution >= 4 is 43.7 Å². The van der Waals surface area contributed by atoms with Crippen molar-refractivity contribution in [2.24, 2.45) is 0 Å². The van der Waals surface area contributed by atoms with E-state index in [4.69, 9.17) is 19.4 Å². The molecule has 5 nitrogen and oxygen atoms in total. The summed E-state index contributed by atoms with van der Waals surface area (Å²) in [5.41, 5.74) is 9.90. The molecule has 0 aliphatic rings. The van der Waals surface area contributed by atoms with E-state index in [1.54, 1.807) is 0 Å². The van der Waals surface area contributed by atoms with E-state index in [1.165, 1.54) is 16.3 Å². The molecule has 0 unspecified atom stereocenters. The highest BCUT2D eigenvalue weighted by atomic mass is 16.3. The minimum Gasteiger partial charge on any atom is -0.456 e. The first kappa shape index (κ1) is 28.2. The average Bonchev–Trinajstić information content (AvgIpc) is 3.74. The van der Waals surface area contributed by atoms with Gasteiger partial charge in [-0.25, -0.2) is 15.0 Å². The molecule has 0 aliphatic heterocycles. The third-order valence-corrected chi connectivity index (χ3v) is 9.44. The van der Waals surface area contributed by atoms with Crippen LogP contribution in [0, 0.1) is 0 Å². The third-order valence-electron chi connectivity index (χ3n) is 9.44. The molecule has 5 heteroatoms. The molecule has 0 fully saturated rings. The second kappa shape index (κ2) is 11.4. The van der Waals surface area contributed by atoms with Gasteiger partial charge in [0.15, 0.2) is 17.5 Å². The normalized spacial score (nSPS) is 11.6. The van der Waals surface area contributed by atoms with Gasteiger partial charge in [-0.15, -0.1) is 0 Å². The van der Waals surface area contributed by atoms with Crippen LogP contribution in [0.1, 0.15) is 0 Å². The van der Waals surface area contributed by atoms with Crippen molar-refractivity contribution in [1.29, 1.82) is 0 Å². The monoisotopic (exact) mass is 640 g/mol. The van der Waals surface area contributed by atoms with Crippen LogP contribution in [0.5, 0.6) is 0 Å². The highest BCUT2D eigenvalue weighted by Crippen LogP contribution is 2.42. The molecule has 3 aromatic heterocycles. The molecule has 0 spiro atoms. The Labute approximate surface area is 287 Å². The first-order valence-electron chi connectivity index (χ1n) is 16.7. The molecule has 50 heavy (non-hydrogen) atoms. The van der Waals surface area contributed by atoms with Crippen LogP contribution < -0.4 is 0 Å². The predicted molar refractivity (Wildman–Crippen MR) is 203 cm³/mol. The summed E-state index contributed by atoms with van der Waals surface area (Å²) in [6.45, 7) is 0. The highest BCUT2D eigenvalue weighted by molar-refractivity contribution is 6.15. The molecular weight excluding hydrogens is 613 g/mol. The quantitative estimate of drug-likeness (QED) is 0.188. The van der Waals surface area contributed by atoms with Crippen LogP contribution in [0.15, 0.2) is 174 Å². The second-order valence-electron chi connectivity index (χ2n) is 12.5. The topological polar surface area (TPSA) is 56.7 Å². The Morgan fingerprint density at radius 2 is 0.940 bits per heavy atom. The maximum atomic E-state index is 6.56. The van der Waals surface area contributed by atoms with E-state index in [-0.39, 0.29) is 0 Å². The Hall–Kier alpha value is -6.85. The summed E-state index contributed by atoms with van der Waals surface area (Å²) in [5.74, 6) is 1.82. The summed E-state index contributed by atoms with van der Waals surface area (Å²) < 4.78 is 8.91. The number of aromatic nitrogens is 4. The average molecular weight is 641 g/mol. The molecule has 0 amide bonds. The summed E-state index contributed by atoms with van der Waals surface area (Å²) in [7, 11) is 0. The van der Waals surface area contributed by atoms with Crippen molar-refractivity contribution in [3.8, 4) is 51.0 Å². The van der Waals surface area contributed by atoms with E-state index in [9.17, 15) is 0 Å². The lowest BCUT2D eigenvalue weighted by molar-refractivity contribution is 0.669. The summed E-state index contributed by atoms with van der Waals surface area (Å²) >= 11 is 0. The molecule has 7 aromatic carbocycles. The Balaban J connectivity index is 1.26. The van der Waals surface area contributed by atoms with Gasteiger partial charge >= 0.3 is 0 Å². The van der Waals surface area contributed by atoms with Gasteiger partial charge in [0.05, 0.1) is 11.0 Å². The number of fused-ring (bicyclic) bond motifs is 6. The van der Waals surface area contributed by atoms with E-state index in [0.717, 1.165) is 61.0 Å². The molecule has 0 saturated carbocycles. The van der Waals surface area contributed by atoms with Crippen LogP contribution in [0.4, 0.5) is 0 Å². The molecule has 10 aromatic rings. The predicted octanol–water partition coefficient (Wildman–Crippen LogP) is 11.5. The van der Waals surface area contributed by atoms with Crippen molar-refractivity contribution in [1.82, 2.24) is 19.5 Å². The van der Waals surface area contributed by atoms with E-state index in [1.807, 2.05) is 72.8 Å². The largest absolute Gasteiger partial charge is 0.456 e. The Morgan fingerprint density at radius 3 is 1.64 bits per heavy atom. The number of nitrogens with zero attached hydrogens (tertiary/aromatic N) is 4. The van der Waals surface area contributed by atoms with Gasteiger partial charge < -0.3 is 8.98 Å². The number of rotatable bonds is 5. The van der Waals surface area contributed by atoms with Crippen molar-refractivity contribution in [3.63, 3.8) is 0 Å². The lowest BCUT2D eigenvalue weighted by Gasteiger charge is -2.12. The fourth-order valence-corrected chi connectivity index (χ4v) is 7.14. The zero-order valence-corrected chi connectivity index (χ0v) is 26.9. The molecule has 234 valence electrons. The van der Waals surface area contributed by atoms with Gasteiger partial charge in [0, 0.05) is 43.9 Å². The SMILES string of the molecule is c1ccc(-c2nc(-c3ccccc3)nc(-c3cc(-c4ccc5c6ccccc6n(-c6ccccc6)c5c4)c4c(c3)oc3ccccc34)n2)cc1. The van der Waals surface area contributed by atoms with Crippen molar-refractivity contribution < 1.29 is 4.42 Å². The first-order valence-corrected chi connectivity index (χ1v) is 16.7. The molecule has 0 bridgehead atoms. The van der Waals surface area contributed by atoms with E-state index in [0.29, 0.717) is 17.5 Å². The summed E-state index contributed by atoms with van der Waals surface area (Å²) in [6.07, 6.45) is 0. The fraction of sp³-hybridized carbons (Fsp3) is 0. The molecule has 10 rings (SSSR count). The Morgan fingerprint density at radius 1 is 0.380 bits per heavy atom. The van der Waals surface area contributed by atoms with E-state index in [2.05, 4.69) is 102 Å². The number of hydrogen-bond donors (Lipinski definition) is 0. The van der Waals surface area contributed by atoms with Gasteiger partial charge in [-0.1, -0.05) is 127 Å². The van der Waals surface area contributed by atoms with Gasteiger partial charge in [0.1, 0.15) is 11.2 Å². The smallest absolute Gasteiger partial charge is 0.164 e. The van der Waals surface area contributed by atoms with Gasteiger partial charge in [-0.3, -0.25) is 0 Å². The lowest BCUT2D eigenvalue weighted by Crippen LogP contribution is -2.00. The maximum absolute atomic E-state index is 6.56. The zero-order valence-electron chi connectivity index (χ0n) is 26.9. The molecular formula is C45H28N4O. The number of benzene rings is 7. The Bertz CT molecular complexity index is 2800. The van der Waals surface area contributed by atoms with Crippen LogP contribution in [-0.2, 0) is 0 Å². The van der Waals surface area contributed by atoms with Crippen molar-refractivity contribution in [2.45, 2.75) is 0 Å². The standard InChI is InChI=1S/C45H28N4O/c1-4-14-29(15-5-1)43-46-44(30-16-6-2-7-17-30)48-45(47-43)32-26-37(42-36-21-11-13-23-40(36)50-41(42)28-32)31-24-25-35-34-20-10-12-22-38(34)49(39(35)27-31)33-18-8-3-9-19-33/h1-28H. The molecule has 0 saturated heterocycles. The van der Waals surface area contributed by atoms with Crippen LogP contribution in [0.2, 0.25) is 0 Å². The summed E-state index contributed by atoms with van der Waals surface area (Å²) in [4.78, 5) is 15.0. The second-order valence-corrected chi connectivity index (χ2v) is 12.5. The van der Waals surface area contributed by atoms with E-state index < -0.39 is 0 Å². The minimum absolute atomic E-state index is 0.584. The molecule has 0 atom stereocenters. The van der Waals surface area contributed by atoms with Gasteiger partial charge in [-0.05, 0) is 53.6 Å². The van der Waals surface area contributed by atoms with E-state index >= 15 is 0 Å². The molecule has 3 heterocycles. The highest BCUT2D eigenvalue weighted by Gasteiger charge is 2.20. The van der Waals surface area contributed by atoms with Crippen molar-refractivity contribution in [3.05, 3.63) is 170 Å². The summed E-state index contributed by atoms with van der Waals surface area (Å²) in [5, 5.41) is 4.55. The minimum atomic E-state index is 0.584. The maximum Gasteiger partial charge on any atom is 0.164 e. The zero-order chi connectivity index (χ0) is 33.0. The van der Waals surface area contributed by atoms with Crippen LogP contribution in [0.25, 0.3) is 94.7 Å². The molecule has 0 aliphatic carbocycles. The van der Waals surface area contributed by atoms with Crippen LogP contribution >= 0.6 is 0 Å². The van der Waals surface area contributed by atoms with Crippen LogP contribution in [-0.4, -0.2) is 19.5 Å². The first-order chi connectivity index (χ1) is 24.8. The van der Waals surface area contributed by atoms with Crippen LogP contribution in [0.3, 0.4) is 0 Å². The number of furan rings is 1. The number of para-hydroxylation sites is 3.